The van der Waals surface area contributed by atoms with Gasteiger partial charge in [-0.2, -0.15) is 0 Å². The quantitative estimate of drug-likeness (QED) is 0.0485. The highest BCUT2D eigenvalue weighted by atomic mass is 16.6. The zero-order valence-corrected chi connectivity index (χ0v) is 34.4. The molecule has 1 aliphatic heterocycles. The number of methoxy groups -OCH3 is 1. The second kappa shape index (κ2) is 39.7. The minimum Gasteiger partial charge on any atom is -0.463 e. The van der Waals surface area contributed by atoms with Crippen LogP contribution in [-0.2, 0) is 66.5 Å². The lowest BCUT2D eigenvalue weighted by Gasteiger charge is -2.37. The fraction of sp³-hybridized carbons (Fsp3) is 0.921. The molecule has 0 aromatic rings. The summed E-state index contributed by atoms with van der Waals surface area (Å²) < 4.78 is 58.8. The molecule has 0 unspecified atom stereocenters. The molecule has 18 heteroatoms. The van der Waals surface area contributed by atoms with Gasteiger partial charge >= 0.3 is 17.9 Å². The van der Waals surface area contributed by atoms with E-state index in [4.69, 9.17) is 57.8 Å². The Morgan fingerprint density at radius 2 is 0.946 bits per heavy atom. The van der Waals surface area contributed by atoms with E-state index in [1.54, 1.807) is 7.11 Å². The van der Waals surface area contributed by atoms with E-state index < -0.39 is 0 Å². The summed E-state index contributed by atoms with van der Waals surface area (Å²) >= 11 is 0. The zero-order chi connectivity index (χ0) is 40.6. The second-order valence-corrected chi connectivity index (χ2v) is 13.0. The molecule has 0 bridgehead atoms. The van der Waals surface area contributed by atoms with Crippen LogP contribution in [-0.4, -0.2) is 213 Å². The maximum Gasteiger partial charge on any atom is 0.307 e. The maximum atomic E-state index is 12.4. The number of ether oxygens (including phenoxy) is 11. The number of nitrogens with two attached hydrogens (primary N) is 1. The molecular formula is C38H74N4O14. The molecule has 0 saturated carbocycles. The van der Waals surface area contributed by atoms with Crippen molar-refractivity contribution < 1.29 is 66.5 Å². The molecule has 0 aromatic heterocycles. The first-order valence-corrected chi connectivity index (χ1v) is 20.3. The van der Waals surface area contributed by atoms with Gasteiger partial charge in [0.05, 0.1) is 105 Å². The highest BCUT2D eigenvalue weighted by Crippen LogP contribution is 2.17. The maximum absolute atomic E-state index is 12.4. The molecule has 56 heavy (non-hydrogen) atoms. The standard InChI is InChI=1S/C38H74N4O14/c1-41-13-6-35(7-14-41)42(15-8-37(44)55-33-29-49-20-19-46-2)16-9-38(45)56-34-31-53-28-26-51-25-27-52-30-32-54-36(43)5-12-40-11-4-18-48-22-24-50-23-21-47-17-3-10-39/h35,40H,3-34,39H2,1-2H3. The Morgan fingerprint density at radius 1 is 0.554 bits per heavy atom. The average molecular weight is 811 g/mol. The van der Waals surface area contributed by atoms with Gasteiger partial charge in [-0.05, 0) is 58.9 Å². The number of hydrogen-bond acceptors (Lipinski definition) is 18. The lowest BCUT2D eigenvalue weighted by molar-refractivity contribution is -0.146. The first-order valence-electron chi connectivity index (χ1n) is 20.3. The number of hydrogen-bond donors (Lipinski definition) is 2. The summed E-state index contributed by atoms with van der Waals surface area (Å²) in [5.41, 5.74) is 5.40. The number of nitrogens with zero attached hydrogens (tertiary/aromatic N) is 2. The van der Waals surface area contributed by atoms with Crippen LogP contribution in [0.2, 0.25) is 0 Å². The molecule has 1 saturated heterocycles. The van der Waals surface area contributed by atoms with E-state index >= 15 is 0 Å². The van der Waals surface area contributed by atoms with Crippen LogP contribution in [0.4, 0.5) is 0 Å². The molecule has 0 spiro atoms. The minimum atomic E-state index is -0.301. The fourth-order valence-electron chi connectivity index (χ4n) is 5.29. The molecule has 0 amide bonds. The average Bonchev–Trinajstić information content (AvgIpc) is 3.19. The highest BCUT2D eigenvalue weighted by Gasteiger charge is 2.24. The summed E-state index contributed by atoms with van der Waals surface area (Å²) in [6, 6.07) is 0.303. The molecule has 1 fully saturated rings. The van der Waals surface area contributed by atoms with Gasteiger partial charge in [-0.3, -0.25) is 19.3 Å². The molecule has 0 radical (unpaired) electrons. The van der Waals surface area contributed by atoms with Crippen molar-refractivity contribution in [1.82, 2.24) is 15.1 Å². The van der Waals surface area contributed by atoms with Crippen LogP contribution in [0.5, 0.6) is 0 Å². The van der Waals surface area contributed by atoms with Gasteiger partial charge in [0.15, 0.2) is 0 Å². The Bertz CT molecular complexity index is 918. The molecule has 3 N–H and O–H groups in total. The van der Waals surface area contributed by atoms with Crippen LogP contribution >= 0.6 is 0 Å². The third kappa shape index (κ3) is 34.0. The van der Waals surface area contributed by atoms with Gasteiger partial charge in [-0.25, -0.2) is 0 Å². The van der Waals surface area contributed by atoms with Crippen molar-refractivity contribution in [3.05, 3.63) is 0 Å². The number of carbonyl (C=O) groups is 3. The summed E-state index contributed by atoms with van der Waals surface area (Å²) in [5.74, 6) is -0.857. The summed E-state index contributed by atoms with van der Waals surface area (Å²) in [6.45, 7) is 12.3. The van der Waals surface area contributed by atoms with Crippen LogP contribution in [0.15, 0.2) is 0 Å². The number of likely N-dealkylation sites (tertiary alicyclic amines) is 1. The van der Waals surface area contributed by atoms with Gasteiger partial charge < -0.3 is 68.1 Å². The largest absolute Gasteiger partial charge is 0.463 e. The monoisotopic (exact) mass is 811 g/mol. The second-order valence-electron chi connectivity index (χ2n) is 13.0. The first kappa shape index (κ1) is 51.9. The molecule has 330 valence electrons. The summed E-state index contributed by atoms with van der Waals surface area (Å²) in [5, 5.41) is 3.20. The molecule has 1 heterocycles. The summed E-state index contributed by atoms with van der Waals surface area (Å²) in [7, 11) is 3.70. The third-order valence-electron chi connectivity index (χ3n) is 8.44. The van der Waals surface area contributed by atoms with Crippen LogP contribution in [0, 0.1) is 0 Å². The van der Waals surface area contributed by atoms with Crippen molar-refractivity contribution >= 4 is 17.9 Å². The SMILES string of the molecule is COCCOCCOC(=O)CCN(CCC(=O)OCCOCCOCCOCCOC(=O)CCNCCCOCCOCCOCCCN)C1CCN(C)CC1. The summed E-state index contributed by atoms with van der Waals surface area (Å²) in [4.78, 5) is 41.1. The van der Waals surface area contributed by atoms with Crippen molar-refractivity contribution in [3.8, 4) is 0 Å². The van der Waals surface area contributed by atoms with E-state index in [2.05, 4.69) is 22.2 Å². The lowest BCUT2D eigenvalue weighted by atomic mass is 10.0. The van der Waals surface area contributed by atoms with Crippen molar-refractivity contribution in [2.45, 2.75) is 51.0 Å². The van der Waals surface area contributed by atoms with E-state index in [-0.39, 0.29) is 63.6 Å². The Hall–Kier alpha value is -2.07. The van der Waals surface area contributed by atoms with Crippen LogP contribution in [0.3, 0.4) is 0 Å². The van der Waals surface area contributed by atoms with Crippen LogP contribution < -0.4 is 11.1 Å². The van der Waals surface area contributed by atoms with Gasteiger partial charge in [0, 0.05) is 46.0 Å². The molecule has 1 aliphatic rings. The zero-order valence-electron chi connectivity index (χ0n) is 34.4. The number of nitrogens with one attached hydrogen (secondary N) is 1. The van der Waals surface area contributed by atoms with Gasteiger partial charge in [0.25, 0.3) is 0 Å². The van der Waals surface area contributed by atoms with Gasteiger partial charge in [0.1, 0.15) is 19.8 Å². The van der Waals surface area contributed by atoms with Crippen LogP contribution in [0.25, 0.3) is 0 Å². The smallest absolute Gasteiger partial charge is 0.307 e. The number of rotatable bonds is 41. The van der Waals surface area contributed by atoms with Crippen molar-refractivity contribution in [3.63, 3.8) is 0 Å². The highest BCUT2D eigenvalue weighted by molar-refractivity contribution is 5.70. The van der Waals surface area contributed by atoms with Gasteiger partial charge in [-0.1, -0.05) is 0 Å². The Kier molecular flexibility index (Phi) is 36.9. The molecule has 0 aromatic carbocycles. The number of piperidine rings is 1. The predicted octanol–water partition coefficient (Wildman–Crippen LogP) is 0.274. The van der Waals surface area contributed by atoms with Gasteiger partial charge in [-0.15, -0.1) is 0 Å². The van der Waals surface area contributed by atoms with Crippen molar-refractivity contribution in [2.24, 2.45) is 5.73 Å². The van der Waals surface area contributed by atoms with Crippen molar-refractivity contribution in [2.75, 3.05) is 179 Å². The molecule has 18 nitrogen and oxygen atoms in total. The third-order valence-corrected chi connectivity index (χ3v) is 8.44. The topological polar surface area (TPSA) is 197 Å². The predicted molar refractivity (Wildman–Crippen MR) is 208 cm³/mol. The Labute approximate surface area is 334 Å². The molecular weight excluding hydrogens is 736 g/mol. The molecule has 0 aliphatic carbocycles. The van der Waals surface area contributed by atoms with E-state index in [0.717, 1.165) is 45.3 Å². The van der Waals surface area contributed by atoms with E-state index in [1.807, 2.05) is 0 Å². The van der Waals surface area contributed by atoms with Crippen molar-refractivity contribution in [1.29, 1.82) is 0 Å². The van der Waals surface area contributed by atoms with Crippen LogP contribution in [0.1, 0.15) is 44.9 Å². The minimum absolute atomic E-state index is 0.156. The molecule has 1 rings (SSSR count). The van der Waals surface area contributed by atoms with E-state index in [9.17, 15) is 14.4 Å². The summed E-state index contributed by atoms with van der Waals surface area (Å²) in [6.07, 6.45) is 4.43. The number of carbonyl (C=O) groups excluding carboxylic acids is 3. The van der Waals surface area contributed by atoms with E-state index in [0.29, 0.717) is 125 Å². The van der Waals surface area contributed by atoms with Gasteiger partial charge in [0.2, 0.25) is 0 Å². The number of esters is 3. The normalized spacial score (nSPS) is 13.7. The Balaban J connectivity index is 1.93. The first-order chi connectivity index (χ1) is 27.5. The van der Waals surface area contributed by atoms with E-state index in [1.165, 1.54) is 0 Å². The Morgan fingerprint density at radius 3 is 1.39 bits per heavy atom. The fourth-order valence-corrected chi connectivity index (χ4v) is 5.29. The lowest BCUT2D eigenvalue weighted by Crippen LogP contribution is -2.45. The molecule has 0 atom stereocenters.